The molecular formula is C16H20N4O3. The smallest absolute Gasteiger partial charge is 0.328 e. The molecule has 0 saturated carbocycles. The number of H-pyrrole nitrogens is 1. The number of aromatic amines is 1. The molecule has 122 valence electrons. The van der Waals surface area contributed by atoms with Crippen LogP contribution in [0.15, 0.2) is 34.1 Å². The third-order valence-corrected chi connectivity index (χ3v) is 3.64. The molecule has 1 amide bonds. The molecule has 0 unspecified atom stereocenters. The molecule has 23 heavy (non-hydrogen) atoms. The first-order chi connectivity index (χ1) is 10.9. The average molecular weight is 316 g/mol. The lowest BCUT2D eigenvalue weighted by Crippen LogP contribution is -2.37. The molecule has 0 fully saturated rings. The molecule has 0 spiro atoms. The van der Waals surface area contributed by atoms with E-state index in [4.69, 9.17) is 0 Å². The number of carbonyl (C=O) groups excluding carboxylic acids is 1. The normalized spacial score (nSPS) is 12.0. The van der Waals surface area contributed by atoms with Gasteiger partial charge in [-0.1, -0.05) is 6.92 Å². The van der Waals surface area contributed by atoms with E-state index in [0.717, 1.165) is 15.8 Å². The zero-order valence-electron chi connectivity index (χ0n) is 13.4. The first-order valence-electron chi connectivity index (χ1n) is 7.42. The van der Waals surface area contributed by atoms with Crippen LogP contribution < -0.4 is 16.6 Å². The Morgan fingerprint density at radius 2 is 2.17 bits per heavy atom. The zero-order chi connectivity index (χ0) is 17.0. The fourth-order valence-electron chi connectivity index (χ4n) is 2.30. The monoisotopic (exact) mass is 316 g/mol. The molecule has 2 aromatic rings. The summed E-state index contributed by atoms with van der Waals surface area (Å²) in [4.78, 5) is 42.2. The van der Waals surface area contributed by atoms with E-state index < -0.39 is 11.2 Å². The van der Waals surface area contributed by atoms with Crippen molar-refractivity contribution < 1.29 is 4.79 Å². The second kappa shape index (κ2) is 7.04. The van der Waals surface area contributed by atoms with E-state index in [9.17, 15) is 14.4 Å². The minimum absolute atomic E-state index is 0.0915. The van der Waals surface area contributed by atoms with Crippen molar-refractivity contribution in [1.82, 2.24) is 19.9 Å². The fraction of sp³-hybridized carbons (Fsp3) is 0.375. The van der Waals surface area contributed by atoms with Crippen LogP contribution in [0.1, 0.15) is 36.2 Å². The summed E-state index contributed by atoms with van der Waals surface area (Å²) in [6, 6.07) is 3.60. The van der Waals surface area contributed by atoms with E-state index in [1.165, 1.54) is 13.2 Å². The van der Waals surface area contributed by atoms with Gasteiger partial charge < -0.3 is 10.3 Å². The van der Waals surface area contributed by atoms with Crippen molar-refractivity contribution >= 4 is 5.91 Å². The molecule has 2 heterocycles. The predicted molar refractivity (Wildman–Crippen MR) is 86.2 cm³/mol. The Morgan fingerprint density at radius 1 is 1.43 bits per heavy atom. The van der Waals surface area contributed by atoms with Crippen LogP contribution in [0.2, 0.25) is 0 Å². The largest absolute Gasteiger partial charge is 0.347 e. The minimum Gasteiger partial charge on any atom is -0.347 e. The van der Waals surface area contributed by atoms with Gasteiger partial charge in [-0.3, -0.25) is 19.1 Å². The minimum atomic E-state index is -0.505. The van der Waals surface area contributed by atoms with Crippen molar-refractivity contribution in [2.24, 2.45) is 7.05 Å². The number of hydrogen-bond acceptors (Lipinski definition) is 4. The maximum absolute atomic E-state index is 12.2. The summed E-state index contributed by atoms with van der Waals surface area (Å²) < 4.78 is 0.946. The zero-order valence-corrected chi connectivity index (χ0v) is 13.4. The first-order valence-corrected chi connectivity index (χ1v) is 7.42. The summed E-state index contributed by atoms with van der Waals surface area (Å²) >= 11 is 0. The SMILES string of the molecule is CC[C@@H](NC(=O)Cc1c[nH]c(=O)n(C)c1=O)c1cc(C)ccn1. The number of carbonyl (C=O) groups is 1. The number of nitrogens with zero attached hydrogens (tertiary/aromatic N) is 2. The van der Waals surface area contributed by atoms with Gasteiger partial charge in [0.2, 0.25) is 5.91 Å². The molecule has 2 N–H and O–H groups in total. The Balaban J connectivity index is 2.14. The summed E-state index contributed by atoms with van der Waals surface area (Å²) in [7, 11) is 1.37. The number of nitrogens with one attached hydrogen (secondary N) is 2. The van der Waals surface area contributed by atoms with E-state index in [1.807, 2.05) is 26.0 Å². The molecule has 0 radical (unpaired) electrons. The van der Waals surface area contributed by atoms with Gasteiger partial charge >= 0.3 is 5.69 Å². The second-order valence-electron chi connectivity index (χ2n) is 5.45. The van der Waals surface area contributed by atoms with Crippen molar-refractivity contribution in [3.8, 4) is 0 Å². The van der Waals surface area contributed by atoms with E-state index in [1.54, 1.807) is 6.20 Å². The molecule has 0 aliphatic carbocycles. The Bertz CT molecular complexity index is 823. The van der Waals surface area contributed by atoms with Gasteiger partial charge in [0.15, 0.2) is 0 Å². The molecule has 0 saturated heterocycles. The van der Waals surface area contributed by atoms with Gasteiger partial charge in [0.05, 0.1) is 18.2 Å². The molecule has 7 nitrogen and oxygen atoms in total. The number of amides is 1. The van der Waals surface area contributed by atoms with Crippen molar-refractivity contribution in [3.05, 3.63) is 62.2 Å². The number of rotatable bonds is 5. The van der Waals surface area contributed by atoms with Crippen molar-refractivity contribution in [1.29, 1.82) is 0 Å². The average Bonchev–Trinajstić information content (AvgIpc) is 2.53. The van der Waals surface area contributed by atoms with Gasteiger partial charge in [0.1, 0.15) is 0 Å². The predicted octanol–water partition coefficient (Wildman–Crippen LogP) is 0.587. The van der Waals surface area contributed by atoms with Crippen LogP contribution >= 0.6 is 0 Å². The second-order valence-corrected chi connectivity index (χ2v) is 5.45. The molecule has 0 aliphatic heterocycles. The Hall–Kier alpha value is -2.70. The quantitative estimate of drug-likeness (QED) is 0.843. The van der Waals surface area contributed by atoms with E-state index in [2.05, 4.69) is 15.3 Å². The Morgan fingerprint density at radius 3 is 2.83 bits per heavy atom. The molecule has 2 aromatic heterocycles. The highest BCUT2D eigenvalue weighted by Gasteiger charge is 2.16. The lowest BCUT2D eigenvalue weighted by Gasteiger charge is -2.17. The number of pyridine rings is 1. The van der Waals surface area contributed by atoms with Crippen LogP contribution in [-0.4, -0.2) is 20.4 Å². The van der Waals surface area contributed by atoms with Gasteiger partial charge in [-0.25, -0.2) is 4.79 Å². The summed E-state index contributed by atoms with van der Waals surface area (Å²) in [5.41, 5.74) is 1.13. The van der Waals surface area contributed by atoms with Crippen molar-refractivity contribution in [2.75, 3.05) is 0 Å². The van der Waals surface area contributed by atoms with Crippen LogP contribution in [0.25, 0.3) is 0 Å². The maximum Gasteiger partial charge on any atom is 0.328 e. The fourth-order valence-corrected chi connectivity index (χ4v) is 2.30. The third-order valence-electron chi connectivity index (χ3n) is 3.64. The molecular weight excluding hydrogens is 296 g/mol. The van der Waals surface area contributed by atoms with Gasteiger partial charge in [-0.15, -0.1) is 0 Å². The summed E-state index contributed by atoms with van der Waals surface area (Å²) in [5.74, 6) is -0.288. The highest BCUT2D eigenvalue weighted by atomic mass is 16.2. The summed E-state index contributed by atoms with van der Waals surface area (Å²) in [6.07, 6.45) is 3.59. The van der Waals surface area contributed by atoms with Crippen LogP contribution in [0.5, 0.6) is 0 Å². The maximum atomic E-state index is 12.2. The third kappa shape index (κ3) is 3.94. The molecule has 2 rings (SSSR count). The van der Waals surface area contributed by atoms with E-state index >= 15 is 0 Å². The summed E-state index contributed by atoms with van der Waals surface area (Å²) in [6.45, 7) is 3.91. The highest BCUT2D eigenvalue weighted by Crippen LogP contribution is 2.15. The van der Waals surface area contributed by atoms with Crippen molar-refractivity contribution in [3.63, 3.8) is 0 Å². The first kappa shape index (κ1) is 16.7. The number of hydrogen-bond donors (Lipinski definition) is 2. The lowest BCUT2D eigenvalue weighted by atomic mass is 10.1. The Kier molecular flexibility index (Phi) is 5.10. The topological polar surface area (TPSA) is 96.9 Å². The van der Waals surface area contributed by atoms with Gasteiger partial charge in [0.25, 0.3) is 5.56 Å². The van der Waals surface area contributed by atoms with Gasteiger partial charge in [-0.05, 0) is 31.0 Å². The van der Waals surface area contributed by atoms with E-state index in [-0.39, 0.29) is 23.9 Å². The van der Waals surface area contributed by atoms with Crippen LogP contribution in [-0.2, 0) is 18.3 Å². The van der Waals surface area contributed by atoms with Crippen LogP contribution in [0, 0.1) is 6.92 Å². The van der Waals surface area contributed by atoms with Crippen LogP contribution in [0.4, 0.5) is 0 Å². The summed E-state index contributed by atoms with van der Waals surface area (Å²) in [5, 5.41) is 2.88. The lowest BCUT2D eigenvalue weighted by molar-refractivity contribution is -0.121. The molecule has 7 heteroatoms. The van der Waals surface area contributed by atoms with E-state index in [0.29, 0.717) is 6.42 Å². The van der Waals surface area contributed by atoms with Crippen LogP contribution in [0.3, 0.4) is 0 Å². The number of aromatic nitrogens is 3. The van der Waals surface area contributed by atoms with Gasteiger partial charge in [-0.2, -0.15) is 0 Å². The molecule has 0 bridgehead atoms. The number of aryl methyl sites for hydroxylation is 1. The Labute approximate surface area is 133 Å². The highest BCUT2D eigenvalue weighted by molar-refractivity contribution is 5.78. The van der Waals surface area contributed by atoms with Crippen molar-refractivity contribution in [2.45, 2.75) is 32.7 Å². The molecule has 1 atom stereocenters. The van der Waals surface area contributed by atoms with Gasteiger partial charge in [0, 0.05) is 25.0 Å². The standard InChI is InChI=1S/C16H20N4O3/c1-4-12(13-7-10(2)5-6-17-13)19-14(21)8-11-9-18-16(23)20(3)15(11)22/h5-7,9,12H,4,8H2,1-3H3,(H,18,23)(H,19,21)/t12-/m1/s1. The molecule has 0 aromatic carbocycles. The molecule has 0 aliphatic rings.